The monoisotopic (exact) mass is 288 g/mol. The lowest BCUT2D eigenvalue weighted by atomic mass is 10.3. The van der Waals surface area contributed by atoms with Crippen molar-refractivity contribution < 1.29 is 23.1 Å². The maximum absolute atomic E-state index is 11.5. The quantitative estimate of drug-likeness (QED) is 0.481. The maximum Gasteiger partial charge on any atom is 0.323 e. The third-order valence-electron chi connectivity index (χ3n) is 2.35. The Labute approximate surface area is 111 Å². The van der Waals surface area contributed by atoms with Crippen LogP contribution in [0.2, 0.25) is 0 Å². The summed E-state index contributed by atoms with van der Waals surface area (Å²) in [6, 6.07) is 6.70. The third kappa shape index (κ3) is 4.76. The molecule has 1 atom stereocenters. The number of sulfonamides is 1. The van der Waals surface area contributed by atoms with E-state index in [1.165, 1.54) is 0 Å². The van der Waals surface area contributed by atoms with Gasteiger partial charge in [0.25, 0.3) is 0 Å². The molecule has 8 heteroatoms. The number of hydrogen-bond acceptors (Lipinski definition) is 5. The molecule has 1 rings (SSSR count). The van der Waals surface area contributed by atoms with Crippen molar-refractivity contribution in [3.63, 3.8) is 0 Å². The van der Waals surface area contributed by atoms with Gasteiger partial charge in [0.15, 0.2) is 5.25 Å². The van der Waals surface area contributed by atoms with Gasteiger partial charge in [-0.3, -0.25) is 4.79 Å². The van der Waals surface area contributed by atoms with E-state index in [1.54, 1.807) is 24.3 Å². The van der Waals surface area contributed by atoms with Crippen molar-refractivity contribution in [2.75, 3.05) is 18.9 Å². The van der Waals surface area contributed by atoms with Gasteiger partial charge in [0.1, 0.15) is 12.4 Å². The zero-order valence-corrected chi connectivity index (χ0v) is 11.2. The summed E-state index contributed by atoms with van der Waals surface area (Å²) in [7, 11) is -3.88. The molecule has 0 amide bonds. The summed E-state index contributed by atoms with van der Waals surface area (Å²) in [5, 5.41) is 7.12. The Morgan fingerprint density at radius 1 is 1.53 bits per heavy atom. The fraction of sp³-hybridized carbons (Fsp3) is 0.364. The Kier molecular flexibility index (Phi) is 5.13. The second kappa shape index (κ2) is 6.39. The molecule has 0 aliphatic carbocycles. The molecule has 1 aromatic rings. The fourth-order valence-electron chi connectivity index (χ4n) is 1.21. The number of nitrogens with one attached hydrogen (secondary N) is 1. The van der Waals surface area contributed by atoms with Gasteiger partial charge in [0, 0.05) is 18.3 Å². The molecule has 0 spiro atoms. The lowest BCUT2D eigenvalue weighted by Crippen LogP contribution is -2.39. The first-order valence-electron chi connectivity index (χ1n) is 5.52. The molecule has 0 saturated heterocycles. The molecule has 0 radical (unpaired) electrons. The van der Waals surface area contributed by atoms with Gasteiger partial charge in [-0.05, 0) is 19.1 Å². The smallest absolute Gasteiger partial charge is 0.323 e. The highest BCUT2D eigenvalue weighted by molar-refractivity contribution is 7.90. The largest absolute Gasteiger partial charge is 0.492 e. The summed E-state index contributed by atoms with van der Waals surface area (Å²) in [6.45, 7) is 1.16. The summed E-state index contributed by atoms with van der Waals surface area (Å²) < 4.78 is 30.4. The Hall–Kier alpha value is -1.80. The summed E-state index contributed by atoms with van der Waals surface area (Å²) >= 11 is 0. The zero-order valence-electron chi connectivity index (χ0n) is 10.4. The number of rotatable bonds is 7. The fourth-order valence-corrected chi connectivity index (χ4v) is 2.10. The van der Waals surface area contributed by atoms with Gasteiger partial charge < -0.3 is 15.6 Å². The lowest BCUT2D eigenvalue weighted by Gasteiger charge is -2.11. The van der Waals surface area contributed by atoms with E-state index in [1.807, 2.05) is 0 Å². The molecule has 0 aliphatic rings. The van der Waals surface area contributed by atoms with Crippen LogP contribution >= 0.6 is 0 Å². The predicted octanol–water partition coefficient (Wildman–Crippen LogP) is 0.0401. The summed E-state index contributed by atoms with van der Waals surface area (Å²) in [4.78, 5) is 10.6. The number of ether oxygens (including phenoxy) is 1. The van der Waals surface area contributed by atoms with E-state index in [0.717, 1.165) is 6.92 Å². The Morgan fingerprint density at radius 2 is 2.21 bits per heavy atom. The minimum absolute atomic E-state index is 0.0191. The van der Waals surface area contributed by atoms with Crippen molar-refractivity contribution >= 4 is 21.7 Å². The van der Waals surface area contributed by atoms with Crippen molar-refractivity contribution in [3.05, 3.63) is 24.3 Å². The van der Waals surface area contributed by atoms with Crippen LogP contribution in [0, 0.1) is 0 Å². The van der Waals surface area contributed by atoms with Crippen LogP contribution < -0.4 is 15.2 Å². The van der Waals surface area contributed by atoms with E-state index in [4.69, 9.17) is 15.6 Å². The molecule has 0 fully saturated rings. The molecule has 0 heterocycles. The zero-order chi connectivity index (χ0) is 14.5. The maximum atomic E-state index is 11.5. The first-order valence-corrected chi connectivity index (χ1v) is 7.07. The normalized spacial score (nSPS) is 12.9. The van der Waals surface area contributed by atoms with Crippen LogP contribution in [0.3, 0.4) is 0 Å². The van der Waals surface area contributed by atoms with Crippen LogP contribution in [0.1, 0.15) is 6.92 Å². The molecule has 106 valence electrons. The standard InChI is InChI=1S/C11H16N2O5S/c1-8(11(14)15)19(16,17)13-5-6-18-10-4-2-3-9(12)7-10/h2-4,7-8,13H,5-6,12H2,1H3,(H,14,15). The van der Waals surface area contributed by atoms with E-state index in [0.29, 0.717) is 11.4 Å². The molecule has 1 aromatic carbocycles. The Morgan fingerprint density at radius 3 is 2.79 bits per heavy atom. The van der Waals surface area contributed by atoms with Gasteiger partial charge in [0.2, 0.25) is 10.0 Å². The van der Waals surface area contributed by atoms with Gasteiger partial charge in [-0.15, -0.1) is 0 Å². The highest BCUT2D eigenvalue weighted by Gasteiger charge is 2.26. The summed E-state index contributed by atoms with van der Waals surface area (Å²) in [5.41, 5.74) is 6.09. The average molecular weight is 288 g/mol. The van der Waals surface area contributed by atoms with Gasteiger partial charge in [0.05, 0.1) is 0 Å². The van der Waals surface area contributed by atoms with Crippen molar-refractivity contribution in [2.24, 2.45) is 0 Å². The second-order valence-electron chi connectivity index (χ2n) is 3.84. The van der Waals surface area contributed by atoms with E-state index in [2.05, 4.69) is 4.72 Å². The minimum Gasteiger partial charge on any atom is -0.492 e. The number of benzene rings is 1. The molecule has 1 unspecified atom stereocenters. The number of carbonyl (C=O) groups is 1. The van der Waals surface area contributed by atoms with E-state index in [9.17, 15) is 13.2 Å². The summed E-state index contributed by atoms with van der Waals surface area (Å²) in [6.07, 6.45) is 0. The van der Waals surface area contributed by atoms with Crippen LogP contribution in [0.4, 0.5) is 5.69 Å². The Balaban J connectivity index is 2.41. The molecule has 4 N–H and O–H groups in total. The van der Waals surface area contributed by atoms with Crippen molar-refractivity contribution in [1.82, 2.24) is 4.72 Å². The van der Waals surface area contributed by atoms with Crippen molar-refractivity contribution in [2.45, 2.75) is 12.2 Å². The molecular formula is C11H16N2O5S. The first kappa shape index (κ1) is 15.3. The van der Waals surface area contributed by atoms with Crippen LogP contribution in [-0.2, 0) is 14.8 Å². The molecule has 7 nitrogen and oxygen atoms in total. The van der Waals surface area contributed by atoms with E-state index >= 15 is 0 Å². The second-order valence-corrected chi connectivity index (χ2v) is 5.93. The predicted molar refractivity (Wildman–Crippen MR) is 70.4 cm³/mol. The molecule has 0 saturated carbocycles. The highest BCUT2D eigenvalue weighted by atomic mass is 32.2. The van der Waals surface area contributed by atoms with E-state index in [-0.39, 0.29) is 13.2 Å². The average Bonchev–Trinajstić information content (AvgIpc) is 2.33. The molecular weight excluding hydrogens is 272 g/mol. The lowest BCUT2D eigenvalue weighted by molar-refractivity contribution is -0.136. The minimum atomic E-state index is -3.88. The number of nitrogen functional groups attached to an aromatic ring is 1. The number of aliphatic carboxylic acids is 1. The SMILES string of the molecule is CC(C(=O)O)S(=O)(=O)NCCOc1cccc(N)c1. The number of nitrogens with two attached hydrogens (primary N) is 1. The molecule has 0 aliphatic heterocycles. The molecule has 19 heavy (non-hydrogen) atoms. The van der Waals surface area contributed by atoms with Crippen LogP contribution in [0.25, 0.3) is 0 Å². The molecule has 0 bridgehead atoms. The third-order valence-corrected chi connectivity index (χ3v) is 4.08. The highest BCUT2D eigenvalue weighted by Crippen LogP contribution is 2.13. The number of carboxylic acid groups (broad SMARTS) is 1. The molecule has 0 aromatic heterocycles. The Bertz CT molecular complexity index is 544. The number of anilines is 1. The van der Waals surface area contributed by atoms with Crippen molar-refractivity contribution in [1.29, 1.82) is 0 Å². The summed E-state index contributed by atoms with van der Waals surface area (Å²) in [5.74, 6) is -0.880. The number of hydrogen-bond donors (Lipinski definition) is 3. The van der Waals surface area contributed by atoms with Gasteiger partial charge in [-0.25, -0.2) is 13.1 Å². The van der Waals surface area contributed by atoms with E-state index < -0.39 is 21.2 Å². The van der Waals surface area contributed by atoms with Gasteiger partial charge >= 0.3 is 5.97 Å². The topological polar surface area (TPSA) is 119 Å². The van der Waals surface area contributed by atoms with Crippen LogP contribution in [0.5, 0.6) is 5.75 Å². The van der Waals surface area contributed by atoms with Gasteiger partial charge in [-0.2, -0.15) is 0 Å². The number of carboxylic acids is 1. The first-order chi connectivity index (χ1) is 8.83. The van der Waals surface area contributed by atoms with Gasteiger partial charge in [-0.1, -0.05) is 6.07 Å². The van der Waals surface area contributed by atoms with Crippen molar-refractivity contribution in [3.8, 4) is 5.75 Å². The van der Waals surface area contributed by atoms with Crippen LogP contribution in [0.15, 0.2) is 24.3 Å². The van der Waals surface area contributed by atoms with Crippen LogP contribution in [-0.4, -0.2) is 37.9 Å².